The lowest BCUT2D eigenvalue weighted by atomic mass is 10.5. The van der Waals surface area contributed by atoms with Crippen LogP contribution in [0.1, 0.15) is 0 Å². The fraction of sp³-hybridized carbons (Fsp3) is 0.143. The molecule has 1 aromatic rings. The molecule has 11 heavy (non-hydrogen) atoms. The van der Waals surface area contributed by atoms with Crippen molar-refractivity contribution >= 4 is 22.7 Å². The highest BCUT2D eigenvalue weighted by atomic mass is 32.2. The number of amidine groups is 1. The lowest BCUT2D eigenvalue weighted by Crippen LogP contribution is -2.05. The van der Waals surface area contributed by atoms with Crippen molar-refractivity contribution in [1.82, 2.24) is 4.98 Å². The van der Waals surface area contributed by atoms with Crippen LogP contribution in [0.3, 0.4) is 0 Å². The van der Waals surface area contributed by atoms with Crippen LogP contribution >= 0.6 is 11.8 Å². The van der Waals surface area contributed by atoms with Gasteiger partial charge in [0, 0.05) is 6.20 Å². The van der Waals surface area contributed by atoms with Gasteiger partial charge in [0.05, 0.1) is 0 Å². The van der Waals surface area contributed by atoms with Gasteiger partial charge in [0.1, 0.15) is 5.82 Å². The van der Waals surface area contributed by atoms with E-state index in [4.69, 9.17) is 5.41 Å². The number of thioether (sulfide) groups is 1. The minimum absolute atomic E-state index is 0.406. The Morgan fingerprint density at radius 1 is 1.64 bits per heavy atom. The third-order valence-corrected chi connectivity index (χ3v) is 1.62. The first-order valence-corrected chi connectivity index (χ1v) is 4.36. The highest BCUT2D eigenvalue weighted by Crippen LogP contribution is 2.03. The summed E-state index contributed by atoms with van der Waals surface area (Å²) in [7, 11) is 0. The average Bonchev–Trinajstić information content (AvgIpc) is 2.06. The molecule has 0 aliphatic rings. The Morgan fingerprint density at radius 3 is 3.00 bits per heavy atom. The van der Waals surface area contributed by atoms with Crippen molar-refractivity contribution < 1.29 is 0 Å². The molecule has 0 saturated carbocycles. The van der Waals surface area contributed by atoms with Crippen LogP contribution in [0.15, 0.2) is 24.4 Å². The number of pyridine rings is 1. The van der Waals surface area contributed by atoms with E-state index in [9.17, 15) is 0 Å². The summed E-state index contributed by atoms with van der Waals surface area (Å²) in [6.07, 6.45) is 3.54. The Hall–Kier alpha value is -1.03. The molecular formula is C7H9N3S. The molecule has 1 aromatic heterocycles. The highest BCUT2D eigenvalue weighted by molar-refractivity contribution is 8.13. The van der Waals surface area contributed by atoms with Crippen LogP contribution in [0.25, 0.3) is 0 Å². The summed E-state index contributed by atoms with van der Waals surface area (Å²) >= 11 is 1.35. The molecule has 0 aliphatic carbocycles. The van der Waals surface area contributed by atoms with Gasteiger partial charge in [-0.25, -0.2) is 4.98 Å². The largest absolute Gasteiger partial charge is 0.320 e. The maximum atomic E-state index is 7.29. The molecule has 0 radical (unpaired) electrons. The number of hydrogen-bond acceptors (Lipinski definition) is 3. The fourth-order valence-electron chi connectivity index (χ4n) is 0.604. The molecule has 0 aromatic carbocycles. The van der Waals surface area contributed by atoms with Crippen LogP contribution in [-0.4, -0.2) is 16.4 Å². The predicted octanol–water partition coefficient (Wildman–Crippen LogP) is 1.79. The molecule has 0 amide bonds. The van der Waals surface area contributed by atoms with Crippen LogP contribution < -0.4 is 5.32 Å². The molecule has 0 saturated heterocycles. The second-order valence-corrected chi connectivity index (χ2v) is 2.69. The quantitative estimate of drug-likeness (QED) is 0.495. The number of nitrogens with zero attached hydrogens (tertiary/aromatic N) is 1. The van der Waals surface area contributed by atoms with Crippen LogP contribution in [-0.2, 0) is 0 Å². The topological polar surface area (TPSA) is 48.8 Å². The Balaban J connectivity index is 2.58. The summed E-state index contributed by atoms with van der Waals surface area (Å²) < 4.78 is 0. The zero-order chi connectivity index (χ0) is 8.10. The van der Waals surface area contributed by atoms with Crippen molar-refractivity contribution in [3.8, 4) is 0 Å². The SMILES string of the molecule is CSC(=N)Nc1ccccn1. The number of anilines is 1. The molecular weight excluding hydrogens is 158 g/mol. The minimum atomic E-state index is 0.406. The molecule has 4 heteroatoms. The number of hydrogen-bond donors (Lipinski definition) is 2. The lowest BCUT2D eigenvalue weighted by molar-refractivity contribution is 1.32. The van der Waals surface area contributed by atoms with Gasteiger partial charge in [-0.15, -0.1) is 0 Å². The van der Waals surface area contributed by atoms with Gasteiger partial charge in [-0.3, -0.25) is 5.41 Å². The third-order valence-electron chi connectivity index (χ3n) is 1.11. The van der Waals surface area contributed by atoms with Crippen LogP contribution in [0.5, 0.6) is 0 Å². The predicted molar refractivity (Wildman–Crippen MR) is 49.1 cm³/mol. The molecule has 58 valence electrons. The highest BCUT2D eigenvalue weighted by Gasteiger charge is 1.93. The second kappa shape index (κ2) is 3.98. The molecule has 1 rings (SSSR count). The molecule has 0 fully saturated rings. The van der Waals surface area contributed by atoms with E-state index in [0.717, 1.165) is 0 Å². The van der Waals surface area contributed by atoms with E-state index in [1.165, 1.54) is 11.8 Å². The summed E-state index contributed by atoms with van der Waals surface area (Å²) in [5.74, 6) is 0.715. The Morgan fingerprint density at radius 2 is 2.45 bits per heavy atom. The van der Waals surface area contributed by atoms with E-state index in [1.807, 2.05) is 24.5 Å². The van der Waals surface area contributed by atoms with Gasteiger partial charge in [0.2, 0.25) is 0 Å². The van der Waals surface area contributed by atoms with E-state index in [2.05, 4.69) is 10.3 Å². The molecule has 0 spiro atoms. The average molecular weight is 167 g/mol. The summed E-state index contributed by atoms with van der Waals surface area (Å²) in [5, 5.41) is 10.5. The normalized spacial score (nSPS) is 9.18. The molecule has 1 heterocycles. The van der Waals surface area contributed by atoms with Gasteiger partial charge in [0.25, 0.3) is 0 Å². The van der Waals surface area contributed by atoms with E-state index in [-0.39, 0.29) is 0 Å². The van der Waals surface area contributed by atoms with Crippen LogP contribution in [0.2, 0.25) is 0 Å². The first-order chi connectivity index (χ1) is 5.33. The maximum absolute atomic E-state index is 7.29. The standard InChI is InChI=1S/C7H9N3S/c1-11-7(8)10-6-4-2-3-5-9-6/h2-5H,1H3,(H2,8,9,10). The van der Waals surface area contributed by atoms with Crippen molar-refractivity contribution in [2.45, 2.75) is 0 Å². The van der Waals surface area contributed by atoms with Crippen molar-refractivity contribution in [1.29, 1.82) is 5.41 Å². The Bertz CT molecular complexity index is 235. The molecule has 0 aliphatic heterocycles. The number of aromatic nitrogens is 1. The van der Waals surface area contributed by atoms with Gasteiger partial charge in [-0.2, -0.15) is 0 Å². The van der Waals surface area contributed by atoms with Crippen molar-refractivity contribution in [3.05, 3.63) is 24.4 Å². The van der Waals surface area contributed by atoms with Crippen molar-refractivity contribution in [3.63, 3.8) is 0 Å². The molecule has 2 N–H and O–H groups in total. The smallest absolute Gasteiger partial charge is 0.159 e. The lowest BCUT2D eigenvalue weighted by Gasteiger charge is -2.01. The van der Waals surface area contributed by atoms with E-state index < -0.39 is 0 Å². The maximum Gasteiger partial charge on any atom is 0.159 e. The third kappa shape index (κ3) is 2.59. The zero-order valence-electron chi connectivity index (χ0n) is 6.16. The first-order valence-electron chi connectivity index (χ1n) is 3.13. The monoisotopic (exact) mass is 167 g/mol. The summed E-state index contributed by atoms with van der Waals surface area (Å²) in [5.41, 5.74) is 0. The van der Waals surface area contributed by atoms with Gasteiger partial charge in [0.15, 0.2) is 5.17 Å². The van der Waals surface area contributed by atoms with Crippen LogP contribution in [0, 0.1) is 5.41 Å². The van der Waals surface area contributed by atoms with Crippen molar-refractivity contribution in [2.75, 3.05) is 11.6 Å². The molecule has 0 unspecified atom stereocenters. The van der Waals surface area contributed by atoms with Gasteiger partial charge in [-0.05, 0) is 18.4 Å². The van der Waals surface area contributed by atoms with Gasteiger partial charge in [-0.1, -0.05) is 17.8 Å². The van der Waals surface area contributed by atoms with E-state index in [0.29, 0.717) is 11.0 Å². The number of rotatable bonds is 1. The zero-order valence-corrected chi connectivity index (χ0v) is 6.98. The molecule has 0 atom stereocenters. The fourth-order valence-corrected chi connectivity index (χ4v) is 0.811. The number of nitrogens with one attached hydrogen (secondary N) is 2. The van der Waals surface area contributed by atoms with Gasteiger partial charge < -0.3 is 5.32 Å². The summed E-state index contributed by atoms with van der Waals surface area (Å²) in [6, 6.07) is 5.54. The van der Waals surface area contributed by atoms with Gasteiger partial charge >= 0.3 is 0 Å². The Kier molecular flexibility index (Phi) is 2.92. The molecule has 3 nitrogen and oxygen atoms in total. The molecule has 0 bridgehead atoms. The first kappa shape index (κ1) is 8.07. The summed E-state index contributed by atoms with van der Waals surface area (Å²) in [4.78, 5) is 4.00. The second-order valence-electron chi connectivity index (χ2n) is 1.87. The minimum Gasteiger partial charge on any atom is -0.320 e. The van der Waals surface area contributed by atoms with Crippen LogP contribution in [0.4, 0.5) is 5.82 Å². The van der Waals surface area contributed by atoms with Crippen molar-refractivity contribution in [2.24, 2.45) is 0 Å². The van der Waals surface area contributed by atoms with E-state index in [1.54, 1.807) is 6.20 Å². The van der Waals surface area contributed by atoms with E-state index >= 15 is 0 Å². The Labute approximate surface area is 69.7 Å². The summed E-state index contributed by atoms with van der Waals surface area (Å²) in [6.45, 7) is 0.